The van der Waals surface area contributed by atoms with Crippen molar-refractivity contribution in [3.05, 3.63) is 48.0 Å². The van der Waals surface area contributed by atoms with Crippen LogP contribution in [-0.2, 0) is 21.2 Å². The van der Waals surface area contributed by atoms with Crippen molar-refractivity contribution in [2.75, 3.05) is 31.6 Å². The Balaban J connectivity index is 1.65. The number of amides is 1. The van der Waals surface area contributed by atoms with Crippen LogP contribution in [-0.4, -0.2) is 44.9 Å². The topological polar surface area (TPSA) is 84.9 Å². The molecule has 8 heteroatoms. The lowest BCUT2D eigenvalue weighted by Crippen LogP contribution is -2.30. The van der Waals surface area contributed by atoms with E-state index >= 15 is 0 Å². The van der Waals surface area contributed by atoms with Gasteiger partial charge in [-0.25, -0.2) is 8.42 Å². The van der Waals surface area contributed by atoms with Crippen molar-refractivity contribution in [3.63, 3.8) is 0 Å². The molecule has 0 saturated heterocycles. The minimum Gasteiger partial charge on any atom is -0.486 e. The highest BCUT2D eigenvalue weighted by Crippen LogP contribution is 2.31. The predicted octanol–water partition coefficient (Wildman–Crippen LogP) is 2.67. The van der Waals surface area contributed by atoms with Crippen LogP contribution in [0.25, 0.3) is 0 Å². The zero-order valence-electron chi connectivity index (χ0n) is 16.0. The molecule has 0 saturated carbocycles. The number of nitrogens with zero attached hydrogens (tertiary/aromatic N) is 1. The number of ether oxygens (including phenoxy) is 2. The second kappa shape index (κ2) is 8.62. The van der Waals surface area contributed by atoms with Crippen molar-refractivity contribution >= 4 is 21.6 Å². The largest absolute Gasteiger partial charge is 0.486 e. The monoisotopic (exact) mass is 404 g/mol. The van der Waals surface area contributed by atoms with Crippen LogP contribution in [0.1, 0.15) is 19.4 Å². The Morgan fingerprint density at radius 3 is 2.29 bits per heavy atom. The second-order valence-corrected chi connectivity index (χ2v) is 8.25. The molecule has 3 rings (SSSR count). The number of rotatable bonds is 7. The Morgan fingerprint density at radius 2 is 1.64 bits per heavy atom. The summed E-state index contributed by atoms with van der Waals surface area (Å²) < 4.78 is 37.4. The fourth-order valence-electron chi connectivity index (χ4n) is 3.01. The maximum absolute atomic E-state index is 12.5. The first kappa shape index (κ1) is 20.2. The van der Waals surface area contributed by atoms with Gasteiger partial charge in [-0.3, -0.25) is 4.79 Å². The van der Waals surface area contributed by atoms with E-state index in [9.17, 15) is 13.2 Å². The van der Waals surface area contributed by atoms with Crippen LogP contribution in [0, 0.1) is 0 Å². The highest BCUT2D eigenvalue weighted by molar-refractivity contribution is 7.89. The number of carbonyl (C=O) groups is 1. The van der Waals surface area contributed by atoms with Crippen LogP contribution < -0.4 is 14.8 Å². The molecule has 1 aliphatic heterocycles. The van der Waals surface area contributed by atoms with Gasteiger partial charge in [0.05, 0.1) is 11.3 Å². The Morgan fingerprint density at radius 1 is 1.00 bits per heavy atom. The molecule has 0 fully saturated rings. The molecular formula is C20H24N2O5S. The fraction of sp³-hybridized carbons (Fsp3) is 0.350. The summed E-state index contributed by atoms with van der Waals surface area (Å²) in [7, 11) is -3.51. The molecule has 0 aliphatic carbocycles. The molecule has 28 heavy (non-hydrogen) atoms. The van der Waals surface area contributed by atoms with Gasteiger partial charge in [-0.15, -0.1) is 0 Å². The quantitative estimate of drug-likeness (QED) is 0.767. The summed E-state index contributed by atoms with van der Waals surface area (Å²) >= 11 is 0. The van der Waals surface area contributed by atoms with E-state index in [4.69, 9.17) is 9.47 Å². The highest BCUT2D eigenvalue weighted by atomic mass is 32.2. The second-order valence-electron chi connectivity index (χ2n) is 6.32. The Bertz CT molecular complexity index is 938. The van der Waals surface area contributed by atoms with Gasteiger partial charge < -0.3 is 14.8 Å². The minimum atomic E-state index is -3.51. The Kier molecular flexibility index (Phi) is 6.21. The molecule has 0 bridgehead atoms. The average Bonchev–Trinajstić information content (AvgIpc) is 2.69. The lowest BCUT2D eigenvalue weighted by Gasteiger charge is -2.19. The maximum Gasteiger partial charge on any atom is 0.243 e. The number of carbonyl (C=O) groups excluding carboxylic acids is 1. The molecule has 7 nitrogen and oxygen atoms in total. The maximum atomic E-state index is 12.5. The average molecular weight is 404 g/mol. The molecule has 1 heterocycles. The predicted molar refractivity (Wildman–Crippen MR) is 106 cm³/mol. The fourth-order valence-corrected chi connectivity index (χ4v) is 4.47. The van der Waals surface area contributed by atoms with E-state index in [0.29, 0.717) is 43.5 Å². The number of benzene rings is 2. The highest BCUT2D eigenvalue weighted by Gasteiger charge is 2.21. The summed E-state index contributed by atoms with van der Waals surface area (Å²) in [6.45, 7) is 5.43. The van der Waals surface area contributed by atoms with Crippen molar-refractivity contribution in [2.45, 2.75) is 25.2 Å². The Hall–Kier alpha value is -2.58. The van der Waals surface area contributed by atoms with Crippen LogP contribution >= 0.6 is 0 Å². The number of nitrogens with one attached hydrogen (secondary N) is 1. The summed E-state index contributed by atoms with van der Waals surface area (Å²) in [4.78, 5) is 12.5. The van der Waals surface area contributed by atoms with Gasteiger partial charge in [0.25, 0.3) is 0 Å². The minimum absolute atomic E-state index is 0.177. The van der Waals surface area contributed by atoms with Crippen molar-refractivity contribution in [1.82, 2.24) is 4.31 Å². The van der Waals surface area contributed by atoms with Crippen LogP contribution in [0.4, 0.5) is 5.69 Å². The zero-order valence-corrected chi connectivity index (χ0v) is 16.8. The third kappa shape index (κ3) is 4.45. The van der Waals surface area contributed by atoms with Gasteiger partial charge in [0.2, 0.25) is 15.9 Å². The summed E-state index contributed by atoms with van der Waals surface area (Å²) in [6, 6.07) is 11.6. The molecule has 1 N–H and O–H groups in total. The van der Waals surface area contributed by atoms with Gasteiger partial charge in [-0.05, 0) is 42.0 Å². The van der Waals surface area contributed by atoms with Crippen LogP contribution in [0.3, 0.4) is 0 Å². The smallest absolute Gasteiger partial charge is 0.243 e. The molecule has 0 aromatic heterocycles. The SMILES string of the molecule is CCN(CC)S(=O)(=O)c1ccc(NC(=O)Cc2ccc3c(c2)OCCO3)cc1. The van der Waals surface area contributed by atoms with E-state index in [1.165, 1.54) is 16.4 Å². The molecule has 150 valence electrons. The molecule has 0 unspecified atom stereocenters. The summed E-state index contributed by atoms with van der Waals surface area (Å²) in [5, 5.41) is 2.79. The third-order valence-corrected chi connectivity index (χ3v) is 6.52. The first-order valence-corrected chi connectivity index (χ1v) is 10.7. The number of sulfonamides is 1. The van der Waals surface area contributed by atoms with Crippen LogP contribution in [0.2, 0.25) is 0 Å². The molecular weight excluding hydrogens is 380 g/mol. The Labute approximate surface area is 165 Å². The van der Waals surface area contributed by atoms with Crippen molar-refractivity contribution < 1.29 is 22.7 Å². The molecule has 2 aromatic rings. The molecule has 0 atom stereocenters. The van der Waals surface area contributed by atoms with Crippen molar-refractivity contribution in [3.8, 4) is 11.5 Å². The summed E-state index contributed by atoms with van der Waals surface area (Å²) in [6.07, 6.45) is 0.177. The van der Waals surface area contributed by atoms with Gasteiger partial charge in [0.1, 0.15) is 13.2 Å². The van der Waals surface area contributed by atoms with Gasteiger partial charge in [-0.2, -0.15) is 4.31 Å². The third-order valence-electron chi connectivity index (χ3n) is 4.45. The number of hydrogen-bond donors (Lipinski definition) is 1. The van der Waals surface area contributed by atoms with Crippen LogP contribution in [0.15, 0.2) is 47.4 Å². The molecule has 1 aliphatic rings. The summed E-state index contributed by atoms with van der Waals surface area (Å²) in [5.41, 5.74) is 1.35. The van der Waals surface area contributed by atoms with Crippen molar-refractivity contribution in [2.24, 2.45) is 0 Å². The van der Waals surface area contributed by atoms with Gasteiger partial charge in [-0.1, -0.05) is 19.9 Å². The number of hydrogen-bond acceptors (Lipinski definition) is 5. The van der Waals surface area contributed by atoms with Crippen LogP contribution in [0.5, 0.6) is 11.5 Å². The van der Waals surface area contributed by atoms with Crippen molar-refractivity contribution in [1.29, 1.82) is 0 Å². The number of fused-ring (bicyclic) bond motifs is 1. The van der Waals surface area contributed by atoms with E-state index in [1.54, 1.807) is 38.1 Å². The first-order valence-electron chi connectivity index (χ1n) is 9.22. The van der Waals surface area contributed by atoms with E-state index < -0.39 is 10.0 Å². The zero-order chi connectivity index (χ0) is 20.1. The molecule has 2 aromatic carbocycles. The van der Waals surface area contributed by atoms with Gasteiger partial charge >= 0.3 is 0 Å². The molecule has 0 radical (unpaired) electrons. The lowest BCUT2D eigenvalue weighted by atomic mass is 10.1. The van der Waals surface area contributed by atoms with E-state index in [-0.39, 0.29) is 17.2 Å². The van der Waals surface area contributed by atoms with Gasteiger partial charge in [0, 0.05) is 18.8 Å². The lowest BCUT2D eigenvalue weighted by molar-refractivity contribution is -0.115. The normalized spacial score (nSPS) is 13.4. The summed E-state index contributed by atoms with van der Waals surface area (Å²) in [5.74, 6) is 1.12. The number of anilines is 1. The van der Waals surface area contributed by atoms with E-state index in [0.717, 1.165) is 5.56 Å². The van der Waals surface area contributed by atoms with E-state index in [1.807, 2.05) is 6.07 Å². The first-order chi connectivity index (χ1) is 13.4. The van der Waals surface area contributed by atoms with E-state index in [2.05, 4.69) is 5.32 Å². The van der Waals surface area contributed by atoms with Gasteiger partial charge in [0.15, 0.2) is 11.5 Å². The standard InChI is InChI=1S/C20H24N2O5S/c1-3-22(4-2)28(24,25)17-8-6-16(7-9-17)21-20(23)14-15-5-10-18-19(13-15)27-12-11-26-18/h5-10,13H,3-4,11-12,14H2,1-2H3,(H,21,23). The molecule has 0 spiro atoms. The molecule has 1 amide bonds.